The lowest BCUT2D eigenvalue weighted by molar-refractivity contribution is -0.140. The number of carbonyl (C=O) groups is 1. The smallest absolute Gasteiger partial charge is 0.305 e. The second-order valence-electron chi connectivity index (χ2n) is 5.53. The Morgan fingerprint density at radius 1 is 1.24 bits per heavy atom. The van der Waals surface area contributed by atoms with Gasteiger partial charge in [-0.1, -0.05) is 11.6 Å². The number of halogens is 1. The Labute approximate surface area is 157 Å². The van der Waals surface area contributed by atoms with Gasteiger partial charge in [0, 0.05) is 21.2 Å². The highest BCUT2D eigenvalue weighted by Crippen LogP contribution is 2.26. The highest BCUT2D eigenvalue weighted by Gasteiger charge is 2.19. The Kier molecular flexibility index (Phi) is 7.01. The summed E-state index contributed by atoms with van der Waals surface area (Å²) in [5.74, 6) is -0.221. The monoisotopic (exact) mass is 401 g/mol. The van der Waals surface area contributed by atoms with E-state index in [0.29, 0.717) is 17.9 Å². The number of methoxy groups -OCH3 is 1. The predicted octanol–water partition coefficient (Wildman–Crippen LogP) is 3.94. The van der Waals surface area contributed by atoms with Crippen molar-refractivity contribution in [3.05, 3.63) is 51.2 Å². The fourth-order valence-corrected chi connectivity index (χ4v) is 4.72. The molecule has 1 heterocycles. The standard InChI is InChI=1S/C17H20ClNO4S2/c1-12(19-25(21,22)15-9-6-13(18)7-10-15)16-11-8-14(24-16)4-3-5-17(20)23-2/h6-12,19H,3-5H2,1-2H3. The van der Waals surface area contributed by atoms with Crippen molar-refractivity contribution in [3.8, 4) is 0 Å². The van der Waals surface area contributed by atoms with Crippen LogP contribution in [-0.2, 0) is 26.0 Å². The van der Waals surface area contributed by atoms with Crippen LogP contribution in [0, 0.1) is 0 Å². The van der Waals surface area contributed by atoms with E-state index in [0.717, 1.165) is 16.2 Å². The van der Waals surface area contributed by atoms with Crippen molar-refractivity contribution in [2.75, 3.05) is 7.11 Å². The second kappa shape index (κ2) is 8.80. The largest absolute Gasteiger partial charge is 0.469 e. The first-order chi connectivity index (χ1) is 11.8. The zero-order chi connectivity index (χ0) is 18.4. The fraction of sp³-hybridized carbons (Fsp3) is 0.353. The zero-order valence-corrected chi connectivity index (χ0v) is 16.4. The van der Waals surface area contributed by atoms with Crippen LogP contribution in [0.4, 0.5) is 0 Å². The Morgan fingerprint density at radius 3 is 2.56 bits per heavy atom. The molecule has 1 aromatic carbocycles. The molecule has 0 spiro atoms. The molecule has 0 saturated carbocycles. The van der Waals surface area contributed by atoms with Crippen molar-refractivity contribution in [1.82, 2.24) is 4.72 Å². The van der Waals surface area contributed by atoms with Gasteiger partial charge in [0.2, 0.25) is 10.0 Å². The molecule has 1 unspecified atom stereocenters. The molecule has 2 rings (SSSR count). The van der Waals surface area contributed by atoms with Crippen LogP contribution in [0.2, 0.25) is 5.02 Å². The third kappa shape index (κ3) is 5.81. The molecule has 0 bridgehead atoms. The number of hydrogen-bond acceptors (Lipinski definition) is 5. The van der Waals surface area contributed by atoms with E-state index in [1.165, 1.54) is 30.6 Å². The van der Waals surface area contributed by atoms with E-state index in [9.17, 15) is 13.2 Å². The second-order valence-corrected chi connectivity index (χ2v) is 8.88. The van der Waals surface area contributed by atoms with E-state index >= 15 is 0 Å². The number of aryl methyl sites for hydroxylation is 1. The lowest BCUT2D eigenvalue weighted by atomic mass is 10.2. The van der Waals surface area contributed by atoms with Crippen molar-refractivity contribution in [1.29, 1.82) is 0 Å². The molecule has 0 amide bonds. The number of ether oxygens (including phenoxy) is 1. The van der Waals surface area contributed by atoms with Gasteiger partial charge in [-0.15, -0.1) is 11.3 Å². The lowest BCUT2D eigenvalue weighted by Gasteiger charge is -2.13. The molecular formula is C17H20ClNO4S2. The molecular weight excluding hydrogens is 382 g/mol. The maximum absolute atomic E-state index is 12.4. The number of carbonyl (C=O) groups excluding carboxylic acids is 1. The van der Waals surface area contributed by atoms with Crippen LogP contribution in [0.3, 0.4) is 0 Å². The first-order valence-corrected chi connectivity index (χ1v) is 10.4. The minimum absolute atomic E-state index is 0.179. The summed E-state index contributed by atoms with van der Waals surface area (Å²) < 4.78 is 32.1. The van der Waals surface area contributed by atoms with Crippen LogP contribution < -0.4 is 4.72 Å². The molecule has 1 N–H and O–H groups in total. The zero-order valence-electron chi connectivity index (χ0n) is 14.0. The Bertz CT molecular complexity index is 815. The first kappa shape index (κ1) is 19.9. The van der Waals surface area contributed by atoms with Crippen molar-refractivity contribution >= 4 is 38.9 Å². The van der Waals surface area contributed by atoms with E-state index < -0.39 is 10.0 Å². The minimum Gasteiger partial charge on any atom is -0.469 e. The summed E-state index contributed by atoms with van der Waals surface area (Å²) in [7, 11) is -2.23. The van der Waals surface area contributed by atoms with Crippen molar-refractivity contribution in [2.24, 2.45) is 0 Å². The number of esters is 1. The quantitative estimate of drug-likeness (QED) is 0.680. The van der Waals surface area contributed by atoms with Crippen LogP contribution in [0.15, 0.2) is 41.3 Å². The molecule has 1 atom stereocenters. The van der Waals surface area contributed by atoms with Crippen LogP contribution in [0.5, 0.6) is 0 Å². The summed E-state index contributed by atoms with van der Waals surface area (Å²) in [5, 5.41) is 0.488. The molecule has 0 aliphatic carbocycles. The van der Waals surface area contributed by atoms with Gasteiger partial charge in [-0.05, 0) is 56.2 Å². The number of nitrogens with one attached hydrogen (secondary N) is 1. The summed E-state index contributed by atoms with van der Waals surface area (Å²) in [4.78, 5) is 13.3. The average Bonchev–Trinajstić information content (AvgIpc) is 3.03. The van der Waals surface area contributed by atoms with Crippen molar-refractivity contribution in [3.63, 3.8) is 0 Å². The molecule has 0 aliphatic rings. The van der Waals surface area contributed by atoms with Crippen LogP contribution in [-0.4, -0.2) is 21.5 Å². The number of rotatable bonds is 8. The molecule has 2 aromatic rings. The Balaban J connectivity index is 1.97. The summed E-state index contributed by atoms with van der Waals surface area (Å²) in [6.45, 7) is 1.80. The van der Waals surface area contributed by atoms with E-state index in [1.54, 1.807) is 19.1 Å². The molecule has 0 aliphatic heterocycles. The molecule has 8 heteroatoms. The first-order valence-electron chi connectivity index (χ1n) is 7.75. The van der Waals surface area contributed by atoms with Gasteiger partial charge in [0.1, 0.15) is 0 Å². The summed E-state index contributed by atoms with van der Waals surface area (Å²) >= 11 is 7.33. The number of benzene rings is 1. The van der Waals surface area contributed by atoms with E-state index in [2.05, 4.69) is 9.46 Å². The molecule has 25 heavy (non-hydrogen) atoms. The highest BCUT2D eigenvalue weighted by atomic mass is 35.5. The predicted molar refractivity (Wildman–Crippen MR) is 99.5 cm³/mol. The highest BCUT2D eigenvalue weighted by molar-refractivity contribution is 7.89. The van der Waals surface area contributed by atoms with Gasteiger partial charge in [0.05, 0.1) is 18.0 Å². The molecule has 0 fully saturated rings. The van der Waals surface area contributed by atoms with Gasteiger partial charge >= 0.3 is 5.97 Å². The third-order valence-electron chi connectivity index (χ3n) is 3.60. The molecule has 0 saturated heterocycles. The Morgan fingerprint density at radius 2 is 1.92 bits per heavy atom. The van der Waals surface area contributed by atoms with E-state index in [1.807, 2.05) is 12.1 Å². The van der Waals surface area contributed by atoms with E-state index in [-0.39, 0.29) is 16.9 Å². The normalized spacial score (nSPS) is 12.8. The molecule has 1 aromatic heterocycles. The van der Waals surface area contributed by atoms with Crippen LogP contribution in [0.25, 0.3) is 0 Å². The number of sulfonamides is 1. The maximum Gasteiger partial charge on any atom is 0.305 e. The van der Waals surface area contributed by atoms with Gasteiger partial charge in [0.25, 0.3) is 0 Å². The van der Waals surface area contributed by atoms with Gasteiger partial charge in [-0.3, -0.25) is 4.79 Å². The molecule has 0 radical (unpaired) electrons. The van der Waals surface area contributed by atoms with Gasteiger partial charge in [0.15, 0.2) is 0 Å². The SMILES string of the molecule is COC(=O)CCCc1ccc(C(C)NS(=O)(=O)c2ccc(Cl)cc2)s1. The molecule has 136 valence electrons. The summed E-state index contributed by atoms with van der Waals surface area (Å²) in [5.41, 5.74) is 0. The summed E-state index contributed by atoms with van der Waals surface area (Å²) in [6, 6.07) is 9.57. The lowest BCUT2D eigenvalue weighted by Crippen LogP contribution is -2.26. The topological polar surface area (TPSA) is 72.5 Å². The third-order valence-corrected chi connectivity index (χ3v) is 6.73. The van der Waals surface area contributed by atoms with E-state index in [4.69, 9.17) is 11.6 Å². The van der Waals surface area contributed by atoms with Crippen molar-refractivity contribution in [2.45, 2.75) is 37.1 Å². The Hall–Kier alpha value is -1.41. The number of hydrogen-bond donors (Lipinski definition) is 1. The fourth-order valence-electron chi connectivity index (χ4n) is 2.24. The van der Waals surface area contributed by atoms with Crippen molar-refractivity contribution < 1.29 is 17.9 Å². The van der Waals surface area contributed by atoms with Gasteiger partial charge in [-0.2, -0.15) is 0 Å². The van der Waals surface area contributed by atoms with Crippen LogP contribution >= 0.6 is 22.9 Å². The minimum atomic E-state index is -3.61. The molecule has 5 nitrogen and oxygen atoms in total. The van der Waals surface area contributed by atoms with Gasteiger partial charge in [-0.25, -0.2) is 13.1 Å². The van der Waals surface area contributed by atoms with Gasteiger partial charge < -0.3 is 4.74 Å². The summed E-state index contributed by atoms with van der Waals surface area (Å²) in [6.07, 6.45) is 1.84. The average molecular weight is 402 g/mol. The van der Waals surface area contributed by atoms with Crippen LogP contribution in [0.1, 0.15) is 35.6 Å². The number of thiophene rings is 1. The maximum atomic E-state index is 12.4.